The Labute approximate surface area is 90.4 Å². The van der Waals surface area contributed by atoms with Gasteiger partial charge < -0.3 is 15.2 Å². The minimum Gasteiger partial charge on any atom is -0.396 e. The SMILES string of the molecule is COCCNC(=O)CN1CCC(CO)C1. The third-order valence-electron chi connectivity index (χ3n) is 2.62. The number of aliphatic hydroxyl groups excluding tert-OH is 1. The van der Waals surface area contributed by atoms with Gasteiger partial charge >= 0.3 is 0 Å². The van der Waals surface area contributed by atoms with Gasteiger partial charge in [0.25, 0.3) is 0 Å². The van der Waals surface area contributed by atoms with Crippen LogP contribution in [-0.2, 0) is 9.53 Å². The van der Waals surface area contributed by atoms with E-state index in [1.54, 1.807) is 7.11 Å². The fourth-order valence-corrected chi connectivity index (χ4v) is 1.76. The summed E-state index contributed by atoms with van der Waals surface area (Å²) in [5, 5.41) is 11.7. The number of methoxy groups -OCH3 is 1. The van der Waals surface area contributed by atoms with Crippen LogP contribution in [0.3, 0.4) is 0 Å². The number of nitrogens with zero attached hydrogens (tertiary/aromatic N) is 1. The Balaban J connectivity index is 2.10. The number of aliphatic hydroxyl groups is 1. The number of ether oxygens (including phenoxy) is 1. The van der Waals surface area contributed by atoms with Crippen LogP contribution in [0.4, 0.5) is 0 Å². The molecule has 1 saturated heterocycles. The normalized spacial score (nSPS) is 21.9. The molecule has 5 heteroatoms. The van der Waals surface area contributed by atoms with Gasteiger partial charge in [-0.25, -0.2) is 0 Å². The number of carbonyl (C=O) groups excluding carboxylic acids is 1. The summed E-state index contributed by atoms with van der Waals surface area (Å²) in [6.45, 7) is 3.50. The van der Waals surface area contributed by atoms with E-state index in [9.17, 15) is 4.79 Å². The van der Waals surface area contributed by atoms with Crippen molar-refractivity contribution in [1.29, 1.82) is 0 Å². The molecule has 0 bridgehead atoms. The Bertz CT molecular complexity index is 199. The second-order valence-corrected chi connectivity index (χ2v) is 3.92. The minimum atomic E-state index is 0.0330. The average molecular weight is 216 g/mol. The van der Waals surface area contributed by atoms with Crippen molar-refractivity contribution in [2.24, 2.45) is 5.92 Å². The van der Waals surface area contributed by atoms with Gasteiger partial charge in [0.15, 0.2) is 0 Å². The first-order chi connectivity index (χ1) is 7.26. The van der Waals surface area contributed by atoms with E-state index in [-0.39, 0.29) is 12.5 Å². The molecule has 0 aromatic carbocycles. The van der Waals surface area contributed by atoms with Crippen LogP contribution in [0.2, 0.25) is 0 Å². The quantitative estimate of drug-likeness (QED) is 0.563. The zero-order chi connectivity index (χ0) is 11.1. The number of carbonyl (C=O) groups is 1. The number of amides is 1. The molecule has 1 amide bonds. The van der Waals surface area contributed by atoms with Crippen molar-refractivity contribution in [1.82, 2.24) is 10.2 Å². The van der Waals surface area contributed by atoms with Crippen LogP contribution in [0.1, 0.15) is 6.42 Å². The van der Waals surface area contributed by atoms with Gasteiger partial charge in [0.05, 0.1) is 13.2 Å². The Morgan fingerprint density at radius 1 is 1.67 bits per heavy atom. The van der Waals surface area contributed by atoms with Crippen LogP contribution in [0.5, 0.6) is 0 Å². The molecule has 2 N–H and O–H groups in total. The predicted octanol–water partition coefficient (Wildman–Crippen LogP) is -0.937. The first kappa shape index (κ1) is 12.4. The summed E-state index contributed by atoms with van der Waals surface area (Å²) in [6, 6.07) is 0. The Morgan fingerprint density at radius 2 is 2.47 bits per heavy atom. The first-order valence-corrected chi connectivity index (χ1v) is 5.35. The fourth-order valence-electron chi connectivity index (χ4n) is 1.76. The second-order valence-electron chi connectivity index (χ2n) is 3.92. The number of nitrogens with one attached hydrogen (secondary N) is 1. The van der Waals surface area contributed by atoms with Gasteiger partial charge in [-0.2, -0.15) is 0 Å². The number of hydrogen-bond acceptors (Lipinski definition) is 4. The largest absolute Gasteiger partial charge is 0.396 e. The molecule has 5 nitrogen and oxygen atoms in total. The van der Waals surface area contributed by atoms with E-state index in [1.165, 1.54) is 0 Å². The van der Waals surface area contributed by atoms with Crippen molar-refractivity contribution in [2.45, 2.75) is 6.42 Å². The maximum atomic E-state index is 11.4. The topological polar surface area (TPSA) is 61.8 Å². The Morgan fingerprint density at radius 3 is 3.07 bits per heavy atom. The molecule has 0 saturated carbocycles. The molecule has 1 unspecified atom stereocenters. The van der Waals surface area contributed by atoms with Gasteiger partial charge in [-0.15, -0.1) is 0 Å². The molecular formula is C10H20N2O3. The molecule has 0 aromatic rings. The van der Waals surface area contributed by atoms with Crippen LogP contribution in [0, 0.1) is 5.92 Å². The van der Waals surface area contributed by atoms with Crippen molar-refractivity contribution < 1.29 is 14.6 Å². The zero-order valence-electron chi connectivity index (χ0n) is 9.24. The lowest BCUT2D eigenvalue weighted by Gasteiger charge is -2.14. The lowest BCUT2D eigenvalue weighted by Crippen LogP contribution is -2.37. The molecule has 1 atom stereocenters. The average Bonchev–Trinajstić information content (AvgIpc) is 2.66. The molecule has 1 heterocycles. The highest BCUT2D eigenvalue weighted by Crippen LogP contribution is 2.14. The monoisotopic (exact) mass is 216 g/mol. The maximum absolute atomic E-state index is 11.4. The molecule has 1 aliphatic heterocycles. The van der Waals surface area contributed by atoms with E-state index < -0.39 is 0 Å². The Hall–Kier alpha value is -0.650. The van der Waals surface area contributed by atoms with E-state index in [4.69, 9.17) is 9.84 Å². The summed E-state index contributed by atoms with van der Waals surface area (Å²) in [6.07, 6.45) is 0.988. The minimum absolute atomic E-state index is 0.0330. The molecule has 0 spiro atoms. The summed E-state index contributed by atoms with van der Waals surface area (Å²) in [5.74, 6) is 0.377. The molecule has 0 aliphatic carbocycles. The second kappa shape index (κ2) is 6.76. The third-order valence-corrected chi connectivity index (χ3v) is 2.62. The molecule has 0 aromatic heterocycles. The Kier molecular flexibility index (Phi) is 5.60. The highest BCUT2D eigenvalue weighted by atomic mass is 16.5. The van der Waals surface area contributed by atoms with Gasteiger partial charge in [-0.1, -0.05) is 0 Å². The molecule has 1 fully saturated rings. The van der Waals surface area contributed by atoms with Gasteiger partial charge in [0, 0.05) is 26.8 Å². The van der Waals surface area contributed by atoms with Crippen LogP contribution in [0.25, 0.3) is 0 Å². The standard InChI is InChI=1S/C10H20N2O3/c1-15-5-3-11-10(14)7-12-4-2-9(6-12)8-13/h9,13H,2-8H2,1H3,(H,11,14). The number of rotatable bonds is 6. The van der Waals surface area contributed by atoms with Crippen molar-refractivity contribution in [3.63, 3.8) is 0 Å². The van der Waals surface area contributed by atoms with Crippen LogP contribution < -0.4 is 5.32 Å². The number of likely N-dealkylation sites (tertiary alicyclic amines) is 1. The van der Waals surface area contributed by atoms with Crippen LogP contribution in [0.15, 0.2) is 0 Å². The lowest BCUT2D eigenvalue weighted by molar-refractivity contribution is -0.122. The van der Waals surface area contributed by atoms with E-state index in [1.807, 2.05) is 0 Å². The van der Waals surface area contributed by atoms with Gasteiger partial charge in [-0.05, 0) is 18.9 Å². The first-order valence-electron chi connectivity index (χ1n) is 5.35. The smallest absolute Gasteiger partial charge is 0.234 e. The maximum Gasteiger partial charge on any atom is 0.234 e. The van der Waals surface area contributed by atoms with E-state index in [0.29, 0.717) is 25.6 Å². The van der Waals surface area contributed by atoms with Crippen molar-refractivity contribution >= 4 is 5.91 Å². The molecule has 88 valence electrons. The van der Waals surface area contributed by atoms with E-state index in [2.05, 4.69) is 10.2 Å². The number of hydrogen-bond donors (Lipinski definition) is 2. The fraction of sp³-hybridized carbons (Fsp3) is 0.900. The summed E-state index contributed by atoms with van der Waals surface area (Å²) in [4.78, 5) is 13.5. The predicted molar refractivity (Wildman–Crippen MR) is 56.5 cm³/mol. The molecule has 1 aliphatic rings. The molecule has 1 rings (SSSR count). The van der Waals surface area contributed by atoms with Crippen molar-refractivity contribution in [3.05, 3.63) is 0 Å². The zero-order valence-corrected chi connectivity index (χ0v) is 9.24. The van der Waals surface area contributed by atoms with Gasteiger partial charge in [0.2, 0.25) is 5.91 Å². The van der Waals surface area contributed by atoms with Gasteiger partial charge in [0.1, 0.15) is 0 Å². The summed E-state index contributed by atoms with van der Waals surface area (Å²) < 4.78 is 4.84. The van der Waals surface area contributed by atoms with Crippen molar-refractivity contribution in [2.75, 3.05) is 46.5 Å². The highest BCUT2D eigenvalue weighted by Gasteiger charge is 2.22. The summed E-state index contributed by atoms with van der Waals surface area (Å²) in [7, 11) is 1.61. The van der Waals surface area contributed by atoms with Crippen LogP contribution >= 0.6 is 0 Å². The highest BCUT2D eigenvalue weighted by molar-refractivity contribution is 5.78. The van der Waals surface area contributed by atoms with Gasteiger partial charge in [-0.3, -0.25) is 9.69 Å². The van der Waals surface area contributed by atoms with E-state index in [0.717, 1.165) is 19.5 Å². The molecule has 15 heavy (non-hydrogen) atoms. The van der Waals surface area contributed by atoms with E-state index >= 15 is 0 Å². The molecular weight excluding hydrogens is 196 g/mol. The summed E-state index contributed by atoms with van der Waals surface area (Å²) in [5.41, 5.74) is 0. The van der Waals surface area contributed by atoms with Crippen LogP contribution in [-0.4, -0.2) is 62.4 Å². The van der Waals surface area contributed by atoms with Crippen molar-refractivity contribution in [3.8, 4) is 0 Å². The third kappa shape index (κ3) is 4.59. The lowest BCUT2D eigenvalue weighted by atomic mass is 10.1. The summed E-state index contributed by atoms with van der Waals surface area (Å²) >= 11 is 0. The molecule has 0 radical (unpaired) electrons.